The van der Waals surface area contributed by atoms with E-state index in [1.54, 1.807) is 0 Å². The van der Waals surface area contributed by atoms with E-state index in [1.807, 2.05) is 0 Å². The van der Waals surface area contributed by atoms with E-state index in [4.69, 9.17) is 8.85 Å². The Morgan fingerprint density at radius 2 is 0.920 bits per heavy atom. The maximum absolute atomic E-state index is 6.86. The van der Waals surface area contributed by atoms with Gasteiger partial charge in [-0.15, -0.1) is 0 Å². The molecule has 0 aliphatic rings. The predicted molar refractivity (Wildman–Crippen MR) is 109 cm³/mol. The number of hydrogen-bond acceptors (Lipinski definition) is 2. The molecule has 0 unspecified atom stereocenters. The summed E-state index contributed by atoms with van der Waals surface area (Å²) in [7, 11) is -2.76. The molecule has 0 saturated carbocycles. The fourth-order valence-corrected chi connectivity index (χ4v) is 6.96. The summed E-state index contributed by atoms with van der Waals surface area (Å²) in [4.78, 5) is 0. The molecule has 0 atom stereocenters. The summed E-state index contributed by atoms with van der Waals surface area (Å²) in [5, 5.41) is 2.39. The SMILES string of the molecule is CCC(CC)O[Si](OC(CC)CC)(c1ccccc1)c1ccccc1. The van der Waals surface area contributed by atoms with Crippen molar-refractivity contribution in [3.05, 3.63) is 60.7 Å². The van der Waals surface area contributed by atoms with Crippen LogP contribution in [0.3, 0.4) is 0 Å². The Bertz CT molecular complexity index is 536. The molecule has 0 radical (unpaired) electrons. The van der Waals surface area contributed by atoms with Crippen LogP contribution in [0.4, 0.5) is 0 Å². The number of hydrogen-bond donors (Lipinski definition) is 0. The molecular weight excluding hydrogens is 324 g/mol. The van der Waals surface area contributed by atoms with Crippen molar-refractivity contribution in [2.45, 2.75) is 65.6 Å². The van der Waals surface area contributed by atoms with E-state index in [0.717, 1.165) is 25.7 Å². The van der Waals surface area contributed by atoms with E-state index in [1.165, 1.54) is 10.4 Å². The molecule has 3 heteroatoms. The van der Waals surface area contributed by atoms with Gasteiger partial charge in [-0.25, -0.2) is 0 Å². The first-order chi connectivity index (χ1) is 12.2. The van der Waals surface area contributed by atoms with Crippen LogP contribution in [0.15, 0.2) is 60.7 Å². The fraction of sp³-hybridized carbons (Fsp3) is 0.455. The van der Waals surface area contributed by atoms with Crippen molar-refractivity contribution in [2.75, 3.05) is 0 Å². The van der Waals surface area contributed by atoms with Gasteiger partial charge in [0.15, 0.2) is 0 Å². The minimum atomic E-state index is -2.76. The van der Waals surface area contributed by atoms with E-state index >= 15 is 0 Å². The second-order valence-electron chi connectivity index (χ2n) is 6.46. The summed E-state index contributed by atoms with van der Waals surface area (Å²) < 4.78 is 13.7. The van der Waals surface area contributed by atoms with Crippen LogP contribution >= 0.6 is 0 Å². The Balaban J connectivity index is 2.59. The van der Waals surface area contributed by atoms with E-state index in [-0.39, 0.29) is 12.2 Å². The topological polar surface area (TPSA) is 18.5 Å². The third-order valence-corrected chi connectivity index (χ3v) is 8.31. The second-order valence-corrected chi connectivity index (χ2v) is 9.32. The first-order valence-electron chi connectivity index (χ1n) is 9.66. The maximum atomic E-state index is 6.86. The van der Waals surface area contributed by atoms with Gasteiger partial charge >= 0.3 is 8.56 Å². The highest BCUT2D eigenvalue weighted by molar-refractivity contribution is 6.92. The van der Waals surface area contributed by atoms with Gasteiger partial charge in [-0.3, -0.25) is 0 Å². The molecule has 0 saturated heterocycles. The lowest BCUT2D eigenvalue weighted by atomic mass is 10.2. The Hall–Kier alpha value is -1.42. The predicted octanol–water partition coefficient (Wildman–Crippen LogP) is 4.65. The zero-order valence-corrected chi connectivity index (χ0v) is 17.1. The van der Waals surface area contributed by atoms with Gasteiger partial charge in [-0.1, -0.05) is 88.4 Å². The monoisotopic (exact) mass is 356 g/mol. The molecule has 0 spiro atoms. The molecule has 2 nitrogen and oxygen atoms in total. The van der Waals surface area contributed by atoms with E-state index < -0.39 is 8.56 Å². The molecule has 0 heterocycles. The standard InChI is InChI=1S/C22H32O2Si/c1-5-19(6-2)23-25(24-20(7-3)8-4,21-15-11-9-12-16-21)22-17-13-10-14-18-22/h9-20H,5-8H2,1-4H3. The number of rotatable bonds is 10. The summed E-state index contributed by atoms with van der Waals surface area (Å²) in [5.74, 6) is 0. The molecule has 0 aliphatic heterocycles. The van der Waals surface area contributed by atoms with Gasteiger partial charge in [0, 0.05) is 12.2 Å². The van der Waals surface area contributed by atoms with Crippen LogP contribution in [-0.2, 0) is 8.85 Å². The molecule has 2 rings (SSSR count). The van der Waals surface area contributed by atoms with Gasteiger partial charge in [0.25, 0.3) is 0 Å². The molecule has 2 aromatic rings. The zero-order valence-electron chi connectivity index (χ0n) is 16.1. The maximum Gasteiger partial charge on any atom is 0.407 e. The first-order valence-corrected chi connectivity index (χ1v) is 11.5. The van der Waals surface area contributed by atoms with Crippen LogP contribution < -0.4 is 10.4 Å². The summed E-state index contributed by atoms with van der Waals surface area (Å²) in [6.45, 7) is 8.78. The Morgan fingerprint density at radius 1 is 0.600 bits per heavy atom. The summed E-state index contributed by atoms with van der Waals surface area (Å²) in [5.41, 5.74) is 0. The van der Waals surface area contributed by atoms with Crippen molar-refractivity contribution < 1.29 is 8.85 Å². The van der Waals surface area contributed by atoms with E-state index in [9.17, 15) is 0 Å². The highest BCUT2D eigenvalue weighted by atomic mass is 28.4. The molecule has 2 aromatic carbocycles. The molecular formula is C22H32O2Si. The van der Waals surface area contributed by atoms with Gasteiger partial charge in [0.05, 0.1) is 0 Å². The van der Waals surface area contributed by atoms with Crippen molar-refractivity contribution in [1.29, 1.82) is 0 Å². The highest BCUT2D eigenvalue weighted by Crippen LogP contribution is 2.20. The van der Waals surface area contributed by atoms with Crippen LogP contribution in [0.5, 0.6) is 0 Å². The summed E-state index contributed by atoms with van der Waals surface area (Å²) >= 11 is 0. The fourth-order valence-electron chi connectivity index (χ4n) is 3.16. The third kappa shape index (κ3) is 4.81. The van der Waals surface area contributed by atoms with Crippen molar-refractivity contribution in [2.24, 2.45) is 0 Å². The van der Waals surface area contributed by atoms with Crippen molar-refractivity contribution in [1.82, 2.24) is 0 Å². The van der Waals surface area contributed by atoms with Crippen LogP contribution in [0.1, 0.15) is 53.4 Å². The van der Waals surface area contributed by atoms with Crippen molar-refractivity contribution >= 4 is 18.9 Å². The van der Waals surface area contributed by atoms with Gasteiger partial charge in [-0.05, 0) is 36.1 Å². The van der Waals surface area contributed by atoms with Crippen LogP contribution in [0.2, 0.25) is 0 Å². The zero-order chi connectivity index (χ0) is 18.1. The van der Waals surface area contributed by atoms with Gasteiger partial charge < -0.3 is 8.85 Å². The molecule has 0 bridgehead atoms. The third-order valence-electron chi connectivity index (χ3n) is 4.79. The Labute approximate surface area is 154 Å². The average Bonchev–Trinajstić information content (AvgIpc) is 2.70. The summed E-state index contributed by atoms with van der Waals surface area (Å²) in [6.07, 6.45) is 4.41. The van der Waals surface area contributed by atoms with Gasteiger partial charge in [0.1, 0.15) is 0 Å². The molecule has 0 fully saturated rings. The lowest BCUT2D eigenvalue weighted by Crippen LogP contribution is -2.65. The molecule has 0 amide bonds. The van der Waals surface area contributed by atoms with Crippen molar-refractivity contribution in [3.63, 3.8) is 0 Å². The minimum Gasteiger partial charge on any atom is -0.385 e. The normalized spacial score (nSPS) is 12.1. The molecule has 0 N–H and O–H groups in total. The molecule has 0 aliphatic carbocycles. The van der Waals surface area contributed by atoms with E-state index in [0.29, 0.717) is 0 Å². The quantitative estimate of drug-likeness (QED) is 0.577. The smallest absolute Gasteiger partial charge is 0.385 e. The second kappa shape index (κ2) is 9.90. The highest BCUT2D eigenvalue weighted by Gasteiger charge is 2.45. The van der Waals surface area contributed by atoms with Gasteiger partial charge in [-0.2, -0.15) is 0 Å². The summed E-state index contributed by atoms with van der Waals surface area (Å²) in [6, 6.07) is 21.2. The van der Waals surface area contributed by atoms with Crippen LogP contribution in [0, 0.1) is 0 Å². The van der Waals surface area contributed by atoms with E-state index in [2.05, 4.69) is 88.4 Å². The molecule has 0 aromatic heterocycles. The van der Waals surface area contributed by atoms with Crippen LogP contribution in [-0.4, -0.2) is 20.8 Å². The lowest BCUT2D eigenvalue weighted by molar-refractivity contribution is 0.0869. The number of benzene rings is 2. The van der Waals surface area contributed by atoms with Crippen LogP contribution in [0.25, 0.3) is 0 Å². The Morgan fingerprint density at radius 3 is 1.20 bits per heavy atom. The molecule has 136 valence electrons. The average molecular weight is 357 g/mol. The Kier molecular flexibility index (Phi) is 7.88. The van der Waals surface area contributed by atoms with Crippen molar-refractivity contribution in [3.8, 4) is 0 Å². The molecule has 25 heavy (non-hydrogen) atoms. The largest absolute Gasteiger partial charge is 0.407 e. The minimum absolute atomic E-state index is 0.210. The lowest BCUT2D eigenvalue weighted by Gasteiger charge is -2.37. The first kappa shape index (κ1) is 19.9. The van der Waals surface area contributed by atoms with Gasteiger partial charge in [0.2, 0.25) is 0 Å².